The van der Waals surface area contributed by atoms with Gasteiger partial charge in [0.1, 0.15) is 0 Å². The Morgan fingerprint density at radius 2 is 2.12 bits per heavy atom. The SMILES string of the molecule is COCCCNc1nc2c(c(=O)[nH]c(=O)n2C)n1Cc1cccc(C)c1. The highest BCUT2D eigenvalue weighted by molar-refractivity contribution is 5.74. The van der Waals surface area contributed by atoms with E-state index in [2.05, 4.69) is 21.4 Å². The Kier molecular flexibility index (Phi) is 5.22. The van der Waals surface area contributed by atoms with Gasteiger partial charge in [-0.05, 0) is 18.9 Å². The van der Waals surface area contributed by atoms with Crippen molar-refractivity contribution in [2.75, 3.05) is 25.6 Å². The molecule has 0 spiro atoms. The maximum Gasteiger partial charge on any atom is 0.329 e. The van der Waals surface area contributed by atoms with E-state index < -0.39 is 11.2 Å². The van der Waals surface area contributed by atoms with E-state index in [1.807, 2.05) is 29.7 Å². The van der Waals surface area contributed by atoms with E-state index >= 15 is 0 Å². The van der Waals surface area contributed by atoms with Crippen molar-refractivity contribution in [1.29, 1.82) is 0 Å². The van der Waals surface area contributed by atoms with Gasteiger partial charge in [-0.25, -0.2) is 4.79 Å². The molecule has 0 amide bonds. The standard InChI is InChI=1S/C18H23N5O3/c1-12-6-4-7-13(10-12)11-23-14-15(22(2)18(25)21-16(14)24)20-17(23)19-8-5-9-26-3/h4,6-7,10H,5,8-9,11H2,1-3H3,(H,19,20)(H,21,24,25). The Morgan fingerprint density at radius 3 is 2.85 bits per heavy atom. The fourth-order valence-electron chi connectivity index (χ4n) is 2.93. The van der Waals surface area contributed by atoms with Gasteiger partial charge in [0, 0.05) is 27.3 Å². The number of benzene rings is 1. The van der Waals surface area contributed by atoms with E-state index in [4.69, 9.17) is 4.74 Å². The third kappa shape index (κ3) is 3.55. The monoisotopic (exact) mass is 357 g/mol. The number of rotatable bonds is 7. The number of H-pyrrole nitrogens is 1. The number of hydrogen-bond donors (Lipinski definition) is 2. The molecule has 0 aliphatic rings. The average Bonchev–Trinajstić information content (AvgIpc) is 2.96. The highest BCUT2D eigenvalue weighted by Gasteiger charge is 2.17. The third-order valence-electron chi connectivity index (χ3n) is 4.24. The zero-order chi connectivity index (χ0) is 18.7. The molecule has 8 heteroatoms. The van der Waals surface area contributed by atoms with E-state index in [1.165, 1.54) is 4.57 Å². The molecule has 0 atom stereocenters. The molecule has 0 radical (unpaired) electrons. The molecule has 138 valence electrons. The van der Waals surface area contributed by atoms with Gasteiger partial charge in [-0.3, -0.25) is 18.9 Å². The van der Waals surface area contributed by atoms with Gasteiger partial charge in [0.15, 0.2) is 11.2 Å². The predicted octanol–water partition coefficient (Wildman–Crippen LogP) is 1.23. The molecule has 2 aromatic heterocycles. The van der Waals surface area contributed by atoms with Crippen LogP contribution in [-0.4, -0.2) is 39.4 Å². The van der Waals surface area contributed by atoms with Gasteiger partial charge in [0.2, 0.25) is 5.95 Å². The van der Waals surface area contributed by atoms with Crippen LogP contribution in [0.2, 0.25) is 0 Å². The third-order valence-corrected chi connectivity index (χ3v) is 4.24. The number of ether oxygens (including phenoxy) is 1. The summed E-state index contributed by atoms with van der Waals surface area (Å²) in [5.41, 5.74) is 2.02. The first kappa shape index (κ1) is 17.9. The van der Waals surface area contributed by atoms with Crippen LogP contribution >= 0.6 is 0 Å². The minimum Gasteiger partial charge on any atom is -0.385 e. The molecular weight excluding hydrogens is 334 g/mol. The molecule has 2 heterocycles. The largest absolute Gasteiger partial charge is 0.385 e. The molecule has 0 aliphatic carbocycles. The number of aromatic nitrogens is 4. The number of aryl methyl sites for hydroxylation is 2. The van der Waals surface area contributed by atoms with Gasteiger partial charge in [0.05, 0.1) is 6.54 Å². The minimum absolute atomic E-state index is 0.362. The smallest absolute Gasteiger partial charge is 0.329 e. The molecule has 3 aromatic rings. The van der Waals surface area contributed by atoms with Crippen LogP contribution in [0, 0.1) is 6.92 Å². The molecule has 0 bridgehead atoms. The summed E-state index contributed by atoms with van der Waals surface area (Å²) in [6.07, 6.45) is 0.805. The summed E-state index contributed by atoms with van der Waals surface area (Å²) in [5.74, 6) is 0.560. The second-order valence-corrected chi connectivity index (χ2v) is 6.27. The quantitative estimate of drug-likeness (QED) is 0.620. The van der Waals surface area contributed by atoms with Gasteiger partial charge in [0.25, 0.3) is 5.56 Å². The number of hydrogen-bond acceptors (Lipinski definition) is 5. The normalized spacial score (nSPS) is 11.2. The van der Waals surface area contributed by atoms with Crippen molar-refractivity contribution in [3.63, 3.8) is 0 Å². The van der Waals surface area contributed by atoms with Crippen molar-refractivity contribution in [3.05, 3.63) is 56.2 Å². The lowest BCUT2D eigenvalue weighted by atomic mass is 10.1. The summed E-state index contributed by atoms with van der Waals surface area (Å²) in [7, 11) is 3.25. The Balaban J connectivity index is 2.08. The first-order valence-electron chi connectivity index (χ1n) is 8.49. The first-order valence-corrected chi connectivity index (χ1v) is 8.49. The summed E-state index contributed by atoms with van der Waals surface area (Å²) in [6.45, 7) is 3.78. The topological polar surface area (TPSA) is 93.9 Å². The van der Waals surface area contributed by atoms with Crippen molar-refractivity contribution in [2.45, 2.75) is 19.9 Å². The van der Waals surface area contributed by atoms with Gasteiger partial charge >= 0.3 is 5.69 Å². The van der Waals surface area contributed by atoms with Crippen LogP contribution in [-0.2, 0) is 18.3 Å². The van der Waals surface area contributed by atoms with Crippen LogP contribution in [0.25, 0.3) is 11.2 Å². The molecule has 0 fully saturated rings. The molecule has 26 heavy (non-hydrogen) atoms. The lowest BCUT2D eigenvalue weighted by molar-refractivity contribution is 0.197. The summed E-state index contributed by atoms with van der Waals surface area (Å²) < 4.78 is 8.23. The average molecular weight is 357 g/mol. The van der Waals surface area contributed by atoms with Crippen LogP contribution < -0.4 is 16.6 Å². The number of fused-ring (bicyclic) bond motifs is 1. The van der Waals surface area contributed by atoms with E-state index in [9.17, 15) is 9.59 Å². The Labute approximate surface area is 150 Å². The van der Waals surface area contributed by atoms with Crippen LogP contribution in [0.4, 0.5) is 5.95 Å². The Bertz CT molecular complexity index is 1030. The van der Waals surface area contributed by atoms with E-state index in [0.717, 1.165) is 17.5 Å². The fourth-order valence-corrected chi connectivity index (χ4v) is 2.93. The number of imidazole rings is 1. The Hall–Kier alpha value is -2.87. The second kappa shape index (κ2) is 7.57. The Morgan fingerprint density at radius 1 is 1.31 bits per heavy atom. The van der Waals surface area contributed by atoms with Crippen molar-refractivity contribution in [3.8, 4) is 0 Å². The van der Waals surface area contributed by atoms with Gasteiger partial charge in [-0.2, -0.15) is 4.98 Å². The number of methoxy groups -OCH3 is 1. The summed E-state index contributed by atoms with van der Waals surface area (Å²) in [5, 5.41) is 3.25. The van der Waals surface area contributed by atoms with E-state index in [1.54, 1.807) is 14.2 Å². The van der Waals surface area contributed by atoms with Crippen molar-refractivity contribution >= 4 is 17.1 Å². The van der Waals surface area contributed by atoms with Crippen LogP contribution in [0.15, 0.2) is 33.9 Å². The molecule has 0 saturated heterocycles. The van der Waals surface area contributed by atoms with Gasteiger partial charge in [-0.15, -0.1) is 0 Å². The summed E-state index contributed by atoms with van der Waals surface area (Å²) >= 11 is 0. The zero-order valence-electron chi connectivity index (χ0n) is 15.2. The number of anilines is 1. The fraction of sp³-hybridized carbons (Fsp3) is 0.389. The zero-order valence-corrected chi connectivity index (χ0v) is 15.2. The van der Waals surface area contributed by atoms with Crippen LogP contribution in [0.1, 0.15) is 17.5 Å². The summed E-state index contributed by atoms with van der Waals surface area (Å²) in [4.78, 5) is 31.2. The predicted molar refractivity (Wildman–Crippen MR) is 101 cm³/mol. The summed E-state index contributed by atoms with van der Waals surface area (Å²) in [6, 6.07) is 8.08. The van der Waals surface area contributed by atoms with E-state index in [0.29, 0.717) is 36.8 Å². The molecule has 8 nitrogen and oxygen atoms in total. The minimum atomic E-state index is -0.478. The number of nitrogens with zero attached hydrogens (tertiary/aromatic N) is 3. The molecule has 3 rings (SSSR count). The molecule has 2 N–H and O–H groups in total. The molecule has 0 saturated carbocycles. The first-order chi connectivity index (χ1) is 12.5. The lowest BCUT2D eigenvalue weighted by Gasteiger charge is -2.11. The highest BCUT2D eigenvalue weighted by Crippen LogP contribution is 2.18. The highest BCUT2D eigenvalue weighted by atomic mass is 16.5. The molecular formula is C18H23N5O3. The van der Waals surface area contributed by atoms with Crippen molar-refractivity contribution < 1.29 is 4.74 Å². The maximum absolute atomic E-state index is 12.4. The van der Waals surface area contributed by atoms with Crippen molar-refractivity contribution in [2.24, 2.45) is 7.05 Å². The van der Waals surface area contributed by atoms with Gasteiger partial charge < -0.3 is 10.1 Å². The molecule has 1 aromatic carbocycles. The molecule has 0 unspecified atom stereocenters. The van der Waals surface area contributed by atoms with E-state index in [-0.39, 0.29) is 0 Å². The molecule has 0 aliphatic heterocycles. The number of nitrogens with one attached hydrogen (secondary N) is 2. The van der Waals surface area contributed by atoms with Crippen molar-refractivity contribution in [1.82, 2.24) is 19.1 Å². The maximum atomic E-state index is 12.4. The van der Waals surface area contributed by atoms with Crippen LogP contribution in [0.3, 0.4) is 0 Å². The van der Waals surface area contributed by atoms with Gasteiger partial charge in [-0.1, -0.05) is 29.8 Å². The lowest BCUT2D eigenvalue weighted by Crippen LogP contribution is -2.29. The van der Waals surface area contributed by atoms with Crippen LogP contribution in [0.5, 0.6) is 0 Å². The number of aromatic amines is 1. The second-order valence-electron chi connectivity index (χ2n) is 6.27.